The molecule has 0 bridgehead atoms. The Kier molecular flexibility index (Phi) is 3.34. The van der Waals surface area contributed by atoms with Crippen LogP contribution in [0, 0.1) is 0 Å². The van der Waals surface area contributed by atoms with E-state index in [9.17, 15) is 0 Å². The van der Waals surface area contributed by atoms with Crippen molar-refractivity contribution in [2.45, 2.75) is 44.2 Å². The van der Waals surface area contributed by atoms with Crippen molar-refractivity contribution < 1.29 is 0 Å². The van der Waals surface area contributed by atoms with Gasteiger partial charge in [0.05, 0.1) is 11.4 Å². The number of aliphatic imine (C=N–C) groups is 2. The lowest BCUT2D eigenvalue weighted by Crippen LogP contribution is -2.50. The fourth-order valence-corrected chi connectivity index (χ4v) is 4.18. The second-order valence-corrected chi connectivity index (χ2v) is 7.02. The van der Waals surface area contributed by atoms with Crippen molar-refractivity contribution in [2.24, 2.45) is 9.98 Å². The molecular weight excluding hydrogens is 294 g/mol. The lowest BCUT2D eigenvalue weighted by molar-refractivity contribution is 0.425. The minimum absolute atomic E-state index is 0.391. The molecule has 3 heterocycles. The molecule has 0 radical (unpaired) electrons. The van der Waals surface area contributed by atoms with Gasteiger partial charge in [-0.05, 0) is 42.5 Å². The standard InChI is InChI=1S/C21H21N3/c1-3-8-16-14(6-1)12-20(22-16)18-10-5-11-19(24-18)21-13-15-7-2-4-9-17(15)23-21/h1-4,6-9,18-19,24H,5,10-13H2. The maximum absolute atomic E-state index is 4.89. The fraction of sp³-hybridized carbons (Fsp3) is 0.333. The summed E-state index contributed by atoms with van der Waals surface area (Å²) >= 11 is 0. The number of piperidine rings is 1. The van der Waals surface area contributed by atoms with Gasteiger partial charge in [-0.2, -0.15) is 0 Å². The van der Waals surface area contributed by atoms with Gasteiger partial charge in [0.1, 0.15) is 0 Å². The minimum Gasteiger partial charge on any atom is -0.301 e. The topological polar surface area (TPSA) is 36.8 Å². The highest BCUT2D eigenvalue weighted by Gasteiger charge is 2.31. The molecule has 3 aliphatic heterocycles. The van der Waals surface area contributed by atoms with Crippen molar-refractivity contribution in [3.63, 3.8) is 0 Å². The van der Waals surface area contributed by atoms with Gasteiger partial charge in [0.15, 0.2) is 0 Å². The van der Waals surface area contributed by atoms with Gasteiger partial charge in [-0.15, -0.1) is 0 Å². The third-order valence-electron chi connectivity index (χ3n) is 5.45. The first-order valence-corrected chi connectivity index (χ1v) is 8.93. The lowest BCUT2D eigenvalue weighted by atomic mass is 9.90. The normalized spacial score (nSPS) is 25.0. The zero-order valence-electron chi connectivity index (χ0n) is 13.7. The van der Waals surface area contributed by atoms with Gasteiger partial charge >= 0.3 is 0 Å². The molecule has 2 unspecified atom stereocenters. The minimum atomic E-state index is 0.391. The number of nitrogens with one attached hydrogen (secondary N) is 1. The van der Waals surface area contributed by atoms with Crippen molar-refractivity contribution in [2.75, 3.05) is 0 Å². The van der Waals surface area contributed by atoms with E-state index in [4.69, 9.17) is 9.98 Å². The summed E-state index contributed by atoms with van der Waals surface area (Å²) in [5, 5.41) is 3.85. The van der Waals surface area contributed by atoms with E-state index in [1.807, 2.05) is 0 Å². The zero-order chi connectivity index (χ0) is 15.9. The van der Waals surface area contributed by atoms with E-state index in [1.54, 1.807) is 0 Å². The van der Waals surface area contributed by atoms with Crippen LogP contribution in [0.2, 0.25) is 0 Å². The molecular formula is C21H21N3. The van der Waals surface area contributed by atoms with Gasteiger partial charge in [0.25, 0.3) is 0 Å². The average molecular weight is 315 g/mol. The van der Waals surface area contributed by atoms with E-state index in [0.717, 1.165) is 24.2 Å². The Morgan fingerprint density at radius 1 is 0.708 bits per heavy atom. The van der Waals surface area contributed by atoms with Crippen LogP contribution >= 0.6 is 0 Å². The summed E-state index contributed by atoms with van der Waals surface area (Å²) < 4.78 is 0. The molecule has 0 saturated carbocycles. The number of nitrogens with zero attached hydrogens (tertiary/aromatic N) is 2. The Morgan fingerprint density at radius 3 is 1.71 bits per heavy atom. The molecule has 1 saturated heterocycles. The van der Waals surface area contributed by atoms with E-state index in [1.165, 1.54) is 41.8 Å². The second kappa shape index (κ2) is 5.67. The Hall–Kier alpha value is -2.26. The maximum atomic E-state index is 4.89. The molecule has 2 aromatic rings. The molecule has 3 aliphatic rings. The van der Waals surface area contributed by atoms with Gasteiger partial charge in [-0.3, -0.25) is 9.98 Å². The van der Waals surface area contributed by atoms with Crippen LogP contribution in [0.4, 0.5) is 11.4 Å². The van der Waals surface area contributed by atoms with E-state index < -0.39 is 0 Å². The molecule has 3 heteroatoms. The SMILES string of the molecule is c1ccc2c(c1)CC(C1CCCC(C3=Nc4ccccc4C3)N1)=N2. The van der Waals surface area contributed by atoms with Crippen LogP contribution in [0.15, 0.2) is 58.5 Å². The van der Waals surface area contributed by atoms with Crippen molar-refractivity contribution >= 4 is 22.8 Å². The Balaban J connectivity index is 1.34. The zero-order valence-corrected chi connectivity index (χ0v) is 13.7. The number of hydrogen-bond acceptors (Lipinski definition) is 3. The smallest absolute Gasteiger partial charge is 0.0665 e. The molecule has 5 rings (SSSR count). The van der Waals surface area contributed by atoms with E-state index in [-0.39, 0.29) is 0 Å². The Morgan fingerprint density at radius 2 is 1.21 bits per heavy atom. The number of hydrogen-bond donors (Lipinski definition) is 1. The van der Waals surface area contributed by atoms with Gasteiger partial charge in [-0.1, -0.05) is 36.4 Å². The molecule has 0 spiro atoms. The largest absolute Gasteiger partial charge is 0.301 e. The van der Waals surface area contributed by atoms with Crippen LogP contribution in [0.25, 0.3) is 0 Å². The molecule has 1 fully saturated rings. The molecule has 1 N–H and O–H groups in total. The van der Waals surface area contributed by atoms with Crippen molar-refractivity contribution in [1.29, 1.82) is 0 Å². The summed E-state index contributed by atoms with van der Waals surface area (Å²) in [5.41, 5.74) is 7.64. The lowest BCUT2D eigenvalue weighted by Gasteiger charge is -2.31. The van der Waals surface area contributed by atoms with Crippen LogP contribution < -0.4 is 5.32 Å². The van der Waals surface area contributed by atoms with Crippen LogP contribution in [0.1, 0.15) is 30.4 Å². The van der Waals surface area contributed by atoms with E-state index in [2.05, 4.69) is 53.8 Å². The van der Waals surface area contributed by atoms with Crippen molar-refractivity contribution in [3.05, 3.63) is 59.7 Å². The van der Waals surface area contributed by atoms with Crippen LogP contribution in [-0.4, -0.2) is 23.5 Å². The highest BCUT2D eigenvalue weighted by Crippen LogP contribution is 2.31. The summed E-state index contributed by atoms with van der Waals surface area (Å²) in [5.74, 6) is 0. The summed E-state index contributed by atoms with van der Waals surface area (Å²) in [4.78, 5) is 9.78. The second-order valence-electron chi connectivity index (χ2n) is 7.02. The van der Waals surface area contributed by atoms with Gasteiger partial charge in [0, 0.05) is 36.3 Å². The number of fused-ring (bicyclic) bond motifs is 2. The summed E-state index contributed by atoms with van der Waals surface area (Å²) in [6.45, 7) is 0. The number of benzene rings is 2. The van der Waals surface area contributed by atoms with Gasteiger partial charge in [0.2, 0.25) is 0 Å². The summed E-state index contributed by atoms with van der Waals surface area (Å²) in [6.07, 6.45) is 5.60. The molecule has 3 nitrogen and oxygen atoms in total. The van der Waals surface area contributed by atoms with Gasteiger partial charge < -0.3 is 5.32 Å². The summed E-state index contributed by atoms with van der Waals surface area (Å²) in [7, 11) is 0. The van der Waals surface area contributed by atoms with E-state index >= 15 is 0 Å². The molecule has 0 aromatic heterocycles. The highest BCUT2D eigenvalue weighted by molar-refractivity contribution is 6.00. The molecule has 0 amide bonds. The molecule has 2 atom stereocenters. The number of rotatable bonds is 2. The Labute approximate surface area is 142 Å². The van der Waals surface area contributed by atoms with Crippen molar-refractivity contribution in [1.82, 2.24) is 5.32 Å². The molecule has 24 heavy (non-hydrogen) atoms. The predicted octanol–water partition coefficient (Wildman–Crippen LogP) is 4.15. The fourth-order valence-electron chi connectivity index (χ4n) is 4.18. The predicted molar refractivity (Wildman–Crippen MR) is 99.0 cm³/mol. The monoisotopic (exact) mass is 315 g/mol. The molecule has 2 aromatic carbocycles. The Bertz CT molecular complexity index is 780. The third kappa shape index (κ3) is 2.40. The number of para-hydroxylation sites is 2. The first kappa shape index (κ1) is 14.1. The van der Waals surface area contributed by atoms with Gasteiger partial charge in [-0.25, -0.2) is 0 Å². The maximum Gasteiger partial charge on any atom is 0.0665 e. The highest BCUT2D eigenvalue weighted by atomic mass is 15.0. The van der Waals surface area contributed by atoms with E-state index in [0.29, 0.717) is 12.1 Å². The van der Waals surface area contributed by atoms with Crippen LogP contribution in [0.3, 0.4) is 0 Å². The quantitative estimate of drug-likeness (QED) is 0.888. The summed E-state index contributed by atoms with van der Waals surface area (Å²) in [6, 6.07) is 17.8. The third-order valence-corrected chi connectivity index (χ3v) is 5.45. The average Bonchev–Trinajstić information content (AvgIpc) is 3.26. The first-order chi connectivity index (χ1) is 11.9. The first-order valence-electron chi connectivity index (χ1n) is 8.93. The van der Waals surface area contributed by atoms with Crippen LogP contribution in [0.5, 0.6) is 0 Å². The molecule has 0 aliphatic carbocycles. The van der Waals surface area contributed by atoms with Crippen molar-refractivity contribution in [3.8, 4) is 0 Å². The molecule has 120 valence electrons. The van der Waals surface area contributed by atoms with Crippen LogP contribution in [-0.2, 0) is 12.8 Å².